The van der Waals surface area contributed by atoms with Gasteiger partial charge in [0.15, 0.2) is 5.65 Å². The van der Waals surface area contributed by atoms with Crippen molar-refractivity contribution < 1.29 is 4.74 Å². The molecule has 0 saturated heterocycles. The Morgan fingerprint density at radius 1 is 1.38 bits per heavy atom. The van der Waals surface area contributed by atoms with Crippen LogP contribution in [0.1, 0.15) is 37.1 Å². The summed E-state index contributed by atoms with van der Waals surface area (Å²) in [5, 5.41) is 14.9. The molecule has 2 aromatic heterocycles. The first kappa shape index (κ1) is 16.2. The highest BCUT2D eigenvalue weighted by Crippen LogP contribution is 2.32. The van der Waals surface area contributed by atoms with Gasteiger partial charge in [-0.3, -0.25) is 4.68 Å². The zero-order valence-corrected chi connectivity index (χ0v) is 14.2. The second-order valence-corrected chi connectivity index (χ2v) is 5.85. The van der Waals surface area contributed by atoms with Crippen LogP contribution in [0.5, 0.6) is 5.75 Å². The molecule has 2 heterocycles. The van der Waals surface area contributed by atoms with Gasteiger partial charge in [-0.05, 0) is 18.6 Å². The SMILES string of the molecule is CCCC(Oc1cc(Cl)ccc1C#N)c1ncnc2c1cnn2C. The van der Waals surface area contributed by atoms with E-state index >= 15 is 0 Å². The normalized spacial score (nSPS) is 12.1. The third-order valence-corrected chi connectivity index (χ3v) is 3.98. The number of halogens is 1. The largest absolute Gasteiger partial charge is 0.483 e. The van der Waals surface area contributed by atoms with Gasteiger partial charge in [0.2, 0.25) is 0 Å². The molecule has 0 aliphatic rings. The number of nitriles is 1. The molecule has 3 rings (SSSR count). The van der Waals surface area contributed by atoms with Crippen LogP contribution in [0.2, 0.25) is 5.02 Å². The van der Waals surface area contributed by atoms with E-state index in [1.54, 1.807) is 29.1 Å². The fourth-order valence-corrected chi connectivity index (χ4v) is 2.75. The molecule has 6 nitrogen and oxygen atoms in total. The van der Waals surface area contributed by atoms with Gasteiger partial charge in [-0.1, -0.05) is 24.9 Å². The van der Waals surface area contributed by atoms with Crippen LogP contribution >= 0.6 is 11.6 Å². The Morgan fingerprint density at radius 3 is 2.96 bits per heavy atom. The molecule has 0 amide bonds. The third-order valence-electron chi connectivity index (χ3n) is 3.75. The smallest absolute Gasteiger partial charge is 0.161 e. The molecule has 0 aliphatic carbocycles. The monoisotopic (exact) mass is 341 g/mol. The third kappa shape index (κ3) is 3.03. The number of benzene rings is 1. The fraction of sp³-hybridized carbons (Fsp3) is 0.294. The van der Waals surface area contributed by atoms with E-state index in [1.807, 2.05) is 7.05 Å². The van der Waals surface area contributed by atoms with E-state index in [2.05, 4.69) is 28.1 Å². The maximum absolute atomic E-state index is 9.29. The highest BCUT2D eigenvalue weighted by atomic mass is 35.5. The predicted octanol–water partition coefficient (Wildman–Crippen LogP) is 3.81. The zero-order valence-electron chi connectivity index (χ0n) is 13.4. The summed E-state index contributed by atoms with van der Waals surface area (Å²) in [6, 6.07) is 7.11. The summed E-state index contributed by atoms with van der Waals surface area (Å²) in [4.78, 5) is 8.67. The topological polar surface area (TPSA) is 76.6 Å². The van der Waals surface area contributed by atoms with E-state index in [9.17, 15) is 5.26 Å². The fourth-order valence-electron chi connectivity index (χ4n) is 2.59. The van der Waals surface area contributed by atoms with E-state index in [4.69, 9.17) is 16.3 Å². The van der Waals surface area contributed by atoms with Gasteiger partial charge < -0.3 is 4.74 Å². The first-order valence-electron chi connectivity index (χ1n) is 7.63. The molecule has 122 valence electrons. The van der Waals surface area contributed by atoms with Gasteiger partial charge in [-0.2, -0.15) is 10.4 Å². The predicted molar refractivity (Wildman–Crippen MR) is 90.7 cm³/mol. The molecular formula is C17H16ClN5O. The molecule has 3 aromatic rings. The van der Waals surface area contributed by atoms with Crippen molar-refractivity contribution in [3.05, 3.63) is 47.0 Å². The molecule has 0 spiro atoms. The molecule has 0 bridgehead atoms. The lowest BCUT2D eigenvalue weighted by Crippen LogP contribution is -2.11. The van der Waals surface area contributed by atoms with Crippen LogP contribution in [0.4, 0.5) is 0 Å². The first-order chi connectivity index (χ1) is 11.6. The maximum Gasteiger partial charge on any atom is 0.161 e. The lowest BCUT2D eigenvalue weighted by atomic mass is 10.1. The number of hydrogen-bond donors (Lipinski definition) is 0. The minimum absolute atomic E-state index is 0.310. The second kappa shape index (κ2) is 6.85. The van der Waals surface area contributed by atoms with Gasteiger partial charge >= 0.3 is 0 Å². The van der Waals surface area contributed by atoms with Gasteiger partial charge in [0.05, 0.1) is 22.8 Å². The molecule has 1 atom stereocenters. The number of fused-ring (bicyclic) bond motifs is 1. The molecule has 0 N–H and O–H groups in total. The summed E-state index contributed by atoms with van der Waals surface area (Å²) in [7, 11) is 1.83. The molecule has 0 fully saturated rings. The van der Waals surface area contributed by atoms with E-state index in [-0.39, 0.29) is 6.10 Å². The lowest BCUT2D eigenvalue weighted by molar-refractivity contribution is 0.190. The van der Waals surface area contributed by atoms with Crippen LogP contribution in [0.25, 0.3) is 11.0 Å². The van der Waals surface area contributed by atoms with Crippen molar-refractivity contribution in [1.29, 1.82) is 5.26 Å². The summed E-state index contributed by atoms with van der Waals surface area (Å²) in [6.07, 6.45) is 4.58. The summed E-state index contributed by atoms with van der Waals surface area (Å²) >= 11 is 6.05. The number of nitrogens with zero attached hydrogens (tertiary/aromatic N) is 5. The Hall–Kier alpha value is -2.65. The van der Waals surface area contributed by atoms with E-state index < -0.39 is 0 Å². The number of aryl methyl sites for hydroxylation is 1. The summed E-state index contributed by atoms with van der Waals surface area (Å²) < 4.78 is 7.82. The minimum atomic E-state index is -0.310. The van der Waals surface area contributed by atoms with Crippen molar-refractivity contribution in [1.82, 2.24) is 19.7 Å². The van der Waals surface area contributed by atoms with Crippen LogP contribution in [0.15, 0.2) is 30.7 Å². The van der Waals surface area contributed by atoms with E-state index in [1.165, 1.54) is 6.33 Å². The van der Waals surface area contributed by atoms with E-state index in [0.29, 0.717) is 16.3 Å². The van der Waals surface area contributed by atoms with Gasteiger partial charge in [-0.15, -0.1) is 0 Å². The maximum atomic E-state index is 9.29. The molecule has 0 aliphatic heterocycles. The number of rotatable bonds is 5. The van der Waals surface area contributed by atoms with Crippen molar-refractivity contribution in [3.8, 4) is 11.8 Å². The Kier molecular flexibility index (Phi) is 4.63. The summed E-state index contributed by atoms with van der Waals surface area (Å²) in [5.74, 6) is 0.458. The molecule has 1 unspecified atom stereocenters. The van der Waals surface area contributed by atoms with Crippen LogP contribution in [0, 0.1) is 11.3 Å². The highest BCUT2D eigenvalue weighted by Gasteiger charge is 2.21. The average Bonchev–Trinajstić information content (AvgIpc) is 2.96. The van der Waals surface area contributed by atoms with Crippen LogP contribution in [-0.4, -0.2) is 19.7 Å². The molecule has 0 radical (unpaired) electrons. The van der Waals surface area contributed by atoms with E-state index in [0.717, 1.165) is 29.6 Å². The first-order valence-corrected chi connectivity index (χ1v) is 8.00. The molecule has 0 saturated carbocycles. The summed E-state index contributed by atoms with van der Waals surface area (Å²) in [6.45, 7) is 2.07. The molecule has 1 aromatic carbocycles. The Balaban J connectivity index is 2.04. The standard InChI is InChI=1S/C17H16ClN5O/c1-3-4-14(24-15-7-12(18)6-5-11(15)8-19)16-13-9-22-23(2)17(13)21-10-20-16/h5-7,9-10,14H,3-4H2,1-2H3. The van der Waals surface area contributed by atoms with Crippen molar-refractivity contribution in [2.24, 2.45) is 7.05 Å². The van der Waals surface area contributed by atoms with Crippen molar-refractivity contribution >= 4 is 22.6 Å². The minimum Gasteiger partial charge on any atom is -0.483 e. The molecule has 7 heteroatoms. The molecular weight excluding hydrogens is 326 g/mol. The van der Waals surface area contributed by atoms with Gasteiger partial charge in [0.1, 0.15) is 24.3 Å². The quantitative estimate of drug-likeness (QED) is 0.705. The summed E-state index contributed by atoms with van der Waals surface area (Å²) in [5.41, 5.74) is 1.95. The Bertz CT molecular complexity index is 915. The van der Waals surface area contributed by atoms with Crippen LogP contribution in [0.3, 0.4) is 0 Å². The van der Waals surface area contributed by atoms with Crippen LogP contribution < -0.4 is 4.74 Å². The zero-order chi connectivity index (χ0) is 17.1. The Labute approximate surface area is 144 Å². The van der Waals surface area contributed by atoms with Gasteiger partial charge in [-0.25, -0.2) is 9.97 Å². The lowest BCUT2D eigenvalue weighted by Gasteiger charge is -2.19. The van der Waals surface area contributed by atoms with Crippen molar-refractivity contribution in [3.63, 3.8) is 0 Å². The average molecular weight is 342 g/mol. The van der Waals surface area contributed by atoms with Crippen LogP contribution in [-0.2, 0) is 7.05 Å². The van der Waals surface area contributed by atoms with Gasteiger partial charge in [0, 0.05) is 18.1 Å². The number of aromatic nitrogens is 4. The van der Waals surface area contributed by atoms with Gasteiger partial charge in [0.25, 0.3) is 0 Å². The number of hydrogen-bond acceptors (Lipinski definition) is 5. The van der Waals surface area contributed by atoms with Crippen molar-refractivity contribution in [2.75, 3.05) is 0 Å². The van der Waals surface area contributed by atoms with Crippen molar-refractivity contribution in [2.45, 2.75) is 25.9 Å². The second-order valence-electron chi connectivity index (χ2n) is 5.41. The Morgan fingerprint density at radius 2 is 2.21 bits per heavy atom. The highest BCUT2D eigenvalue weighted by molar-refractivity contribution is 6.30. The molecule has 24 heavy (non-hydrogen) atoms. The number of ether oxygens (including phenoxy) is 1.